The fourth-order valence-corrected chi connectivity index (χ4v) is 2.03. The molecular formula is C17H11F4N3O. The molecule has 128 valence electrons. The lowest BCUT2D eigenvalue weighted by atomic mass is 10.2. The minimum Gasteiger partial charge on any atom is -0.439 e. The summed E-state index contributed by atoms with van der Waals surface area (Å²) in [7, 11) is 0. The quantitative estimate of drug-likeness (QED) is 0.638. The SMILES string of the molecule is Cc1cc(Oc2cc(C(F)(F)F)nc(-c3ccccn3)n2)ccc1F. The zero-order valence-electron chi connectivity index (χ0n) is 12.9. The number of hydrogen-bond acceptors (Lipinski definition) is 4. The number of alkyl halides is 3. The molecule has 25 heavy (non-hydrogen) atoms. The van der Waals surface area contributed by atoms with Gasteiger partial charge in [0.15, 0.2) is 11.5 Å². The summed E-state index contributed by atoms with van der Waals surface area (Å²) < 4.78 is 58.0. The lowest BCUT2D eigenvalue weighted by Crippen LogP contribution is -2.10. The Labute approximate surface area is 140 Å². The summed E-state index contributed by atoms with van der Waals surface area (Å²) in [5, 5.41) is 0. The van der Waals surface area contributed by atoms with Crippen LogP contribution in [0.1, 0.15) is 11.3 Å². The molecule has 1 aromatic carbocycles. The Morgan fingerprint density at radius 3 is 2.44 bits per heavy atom. The largest absolute Gasteiger partial charge is 0.439 e. The van der Waals surface area contributed by atoms with Crippen molar-refractivity contribution in [3.05, 3.63) is 65.7 Å². The molecular weight excluding hydrogens is 338 g/mol. The number of hydrogen-bond donors (Lipinski definition) is 0. The summed E-state index contributed by atoms with van der Waals surface area (Å²) in [6.45, 7) is 1.52. The minimum absolute atomic E-state index is 0.165. The van der Waals surface area contributed by atoms with Crippen LogP contribution in [0.25, 0.3) is 11.5 Å². The van der Waals surface area contributed by atoms with Crippen LogP contribution < -0.4 is 4.74 Å². The summed E-state index contributed by atoms with van der Waals surface area (Å²) in [6.07, 6.45) is -3.26. The molecule has 3 rings (SSSR count). The van der Waals surface area contributed by atoms with Crippen LogP contribution in [0.2, 0.25) is 0 Å². The summed E-state index contributed by atoms with van der Waals surface area (Å²) in [5.74, 6) is -0.809. The van der Waals surface area contributed by atoms with E-state index in [9.17, 15) is 17.6 Å². The molecule has 2 aromatic heterocycles. The normalized spacial score (nSPS) is 11.4. The Kier molecular flexibility index (Phi) is 4.35. The molecule has 2 heterocycles. The van der Waals surface area contributed by atoms with Crippen molar-refractivity contribution in [2.45, 2.75) is 13.1 Å². The van der Waals surface area contributed by atoms with E-state index >= 15 is 0 Å². The maximum atomic E-state index is 13.3. The highest BCUT2D eigenvalue weighted by Gasteiger charge is 2.34. The summed E-state index contributed by atoms with van der Waals surface area (Å²) in [4.78, 5) is 11.4. The van der Waals surface area contributed by atoms with Crippen LogP contribution in [-0.2, 0) is 6.18 Å². The molecule has 0 bridgehead atoms. The smallest absolute Gasteiger partial charge is 0.433 e. The molecule has 0 amide bonds. The van der Waals surface area contributed by atoms with Crippen molar-refractivity contribution in [1.82, 2.24) is 15.0 Å². The van der Waals surface area contributed by atoms with Gasteiger partial charge < -0.3 is 4.74 Å². The van der Waals surface area contributed by atoms with Gasteiger partial charge >= 0.3 is 6.18 Å². The topological polar surface area (TPSA) is 47.9 Å². The highest BCUT2D eigenvalue weighted by molar-refractivity contribution is 5.50. The van der Waals surface area contributed by atoms with Gasteiger partial charge in [0.1, 0.15) is 17.3 Å². The van der Waals surface area contributed by atoms with Crippen molar-refractivity contribution in [2.24, 2.45) is 0 Å². The summed E-state index contributed by atoms with van der Waals surface area (Å²) >= 11 is 0. The van der Waals surface area contributed by atoms with Crippen LogP contribution >= 0.6 is 0 Å². The minimum atomic E-state index is -4.68. The van der Waals surface area contributed by atoms with E-state index in [1.807, 2.05) is 0 Å². The van der Waals surface area contributed by atoms with Gasteiger partial charge in [0, 0.05) is 12.3 Å². The van der Waals surface area contributed by atoms with E-state index in [1.165, 1.54) is 31.3 Å². The van der Waals surface area contributed by atoms with E-state index in [-0.39, 0.29) is 23.1 Å². The Hall–Kier alpha value is -3.03. The van der Waals surface area contributed by atoms with Gasteiger partial charge in [-0.25, -0.2) is 9.37 Å². The molecule has 0 fully saturated rings. The Bertz CT molecular complexity index is 898. The molecule has 0 N–H and O–H groups in total. The first-order valence-electron chi connectivity index (χ1n) is 7.14. The zero-order valence-corrected chi connectivity index (χ0v) is 12.9. The molecule has 0 atom stereocenters. The van der Waals surface area contributed by atoms with Gasteiger partial charge in [-0.2, -0.15) is 18.2 Å². The highest BCUT2D eigenvalue weighted by Crippen LogP contribution is 2.32. The molecule has 0 aliphatic rings. The van der Waals surface area contributed by atoms with Crippen molar-refractivity contribution in [2.75, 3.05) is 0 Å². The van der Waals surface area contributed by atoms with Crippen LogP contribution in [0.5, 0.6) is 11.6 Å². The third kappa shape index (κ3) is 3.90. The molecule has 0 aliphatic carbocycles. The van der Waals surface area contributed by atoms with Crippen molar-refractivity contribution in [3.63, 3.8) is 0 Å². The first-order valence-corrected chi connectivity index (χ1v) is 7.14. The second kappa shape index (κ2) is 6.46. The number of ether oxygens (including phenoxy) is 1. The predicted molar refractivity (Wildman–Crippen MR) is 81.5 cm³/mol. The Balaban J connectivity index is 2.04. The predicted octanol–water partition coefficient (Wildman–Crippen LogP) is 4.80. The van der Waals surface area contributed by atoms with Crippen LogP contribution in [0, 0.1) is 12.7 Å². The second-order valence-corrected chi connectivity index (χ2v) is 5.14. The zero-order chi connectivity index (χ0) is 18.0. The Morgan fingerprint density at radius 1 is 1.00 bits per heavy atom. The number of rotatable bonds is 3. The third-order valence-corrected chi connectivity index (χ3v) is 3.24. The van der Waals surface area contributed by atoms with Gasteiger partial charge in [-0.05, 0) is 42.8 Å². The maximum absolute atomic E-state index is 13.3. The van der Waals surface area contributed by atoms with E-state index in [0.29, 0.717) is 11.6 Å². The summed E-state index contributed by atoms with van der Waals surface area (Å²) in [5.41, 5.74) is -0.682. The molecule has 0 saturated heterocycles. The molecule has 3 aromatic rings. The van der Waals surface area contributed by atoms with E-state index in [0.717, 1.165) is 6.07 Å². The number of aromatic nitrogens is 3. The first kappa shape index (κ1) is 16.8. The molecule has 8 heteroatoms. The molecule has 4 nitrogen and oxygen atoms in total. The first-order chi connectivity index (χ1) is 11.8. The lowest BCUT2D eigenvalue weighted by molar-refractivity contribution is -0.141. The van der Waals surface area contributed by atoms with Crippen LogP contribution in [0.4, 0.5) is 17.6 Å². The molecule has 0 radical (unpaired) electrons. The lowest BCUT2D eigenvalue weighted by Gasteiger charge is -2.11. The monoisotopic (exact) mass is 349 g/mol. The van der Waals surface area contributed by atoms with Gasteiger partial charge in [-0.1, -0.05) is 6.07 Å². The number of halogens is 4. The average molecular weight is 349 g/mol. The van der Waals surface area contributed by atoms with Crippen LogP contribution in [0.3, 0.4) is 0 Å². The molecule has 0 saturated carbocycles. The number of aryl methyl sites for hydroxylation is 1. The average Bonchev–Trinajstić information content (AvgIpc) is 2.58. The van der Waals surface area contributed by atoms with E-state index in [2.05, 4.69) is 15.0 Å². The summed E-state index contributed by atoms with van der Waals surface area (Å²) in [6, 6.07) is 9.23. The van der Waals surface area contributed by atoms with Crippen molar-refractivity contribution in [1.29, 1.82) is 0 Å². The van der Waals surface area contributed by atoms with Gasteiger partial charge in [0.2, 0.25) is 5.88 Å². The molecule has 0 unspecified atom stereocenters. The van der Waals surface area contributed by atoms with Crippen LogP contribution in [-0.4, -0.2) is 15.0 Å². The molecule has 0 spiro atoms. The van der Waals surface area contributed by atoms with Gasteiger partial charge in [-0.15, -0.1) is 0 Å². The van der Waals surface area contributed by atoms with Gasteiger partial charge in [0.05, 0.1) is 0 Å². The highest BCUT2D eigenvalue weighted by atomic mass is 19.4. The maximum Gasteiger partial charge on any atom is 0.433 e. The van der Waals surface area contributed by atoms with Gasteiger partial charge in [-0.3, -0.25) is 4.98 Å². The van der Waals surface area contributed by atoms with E-state index in [4.69, 9.17) is 4.74 Å². The fourth-order valence-electron chi connectivity index (χ4n) is 2.03. The number of pyridine rings is 1. The second-order valence-electron chi connectivity index (χ2n) is 5.14. The van der Waals surface area contributed by atoms with Gasteiger partial charge in [0.25, 0.3) is 0 Å². The van der Waals surface area contributed by atoms with Crippen molar-refractivity contribution >= 4 is 0 Å². The van der Waals surface area contributed by atoms with Crippen molar-refractivity contribution < 1.29 is 22.3 Å². The number of nitrogens with zero attached hydrogens (tertiary/aromatic N) is 3. The van der Waals surface area contributed by atoms with Crippen molar-refractivity contribution in [3.8, 4) is 23.1 Å². The van der Waals surface area contributed by atoms with Crippen LogP contribution in [0.15, 0.2) is 48.7 Å². The van der Waals surface area contributed by atoms with E-state index in [1.54, 1.807) is 12.1 Å². The fraction of sp³-hybridized carbons (Fsp3) is 0.118. The third-order valence-electron chi connectivity index (χ3n) is 3.24. The van der Waals surface area contributed by atoms with E-state index < -0.39 is 17.7 Å². The molecule has 0 aliphatic heterocycles. The number of benzene rings is 1. The Morgan fingerprint density at radius 2 is 1.80 bits per heavy atom. The standard InChI is InChI=1S/C17H11F4N3O/c1-10-8-11(5-6-12(10)18)25-15-9-14(17(19,20)21)23-16(24-15)13-4-2-3-7-22-13/h2-9H,1H3.